The highest BCUT2D eigenvalue weighted by molar-refractivity contribution is 5.90. The summed E-state index contributed by atoms with van der Waals surface area (Å²) in [7, 11) is 0. The molecule has 0 N–H and O–H groups in total. The van der Waals surface area contributed by atoms with Crippen LogP contribution in [0.25, 0.3) is 33.4 Å². The van der Waals surface area contributed by atoms with Crippen LogP contribution in [0.4, 0.5) is 68.2 Å². The number of fused-ring (bicyclic) bond motifs is 6. The van der Waals surface area contributed by atoms with Crippen LogP contribution in [0, 0.1) is 13.8 Å². The highest BCUT2D eigenvalue weighted by atomic mass is 15.2. The van der Waals surface area contributed by atoms with Gasteiger partial charge in [-0.2, -0.15) is 0 Å². The van der Waals surface area contributed by atoms with Crippen molar-refractivity contribution in [1.82, 2.24) is 0 Å². The summed E-state index contributed by atoms with van der Waals surface area (Å²) in [6.45, 7) is 13.8. The van der Waals surface area contributed by atoms with E-state index in [1.165, 1.54) is 66.8 Å². The van der Waals surface area contributed by atoms with E-state index >= 15 is 0 Å². The lowest BCUT2D eigenvalue weighted by Crippen LogP contribution is -2.17. The quantitative estimate of drug-likeness (QED) is 0.114. The molecule has 0 radical (unpaired) electrons. The maximum atomic E-state index is 2.41. The fourth-order valence-corrected chi connectivity index (χ4v) is 13.4. The highest BCUT2D eigenvalue weighted by Crippen LogP contribution is 2.53. The summed E-state index contributed by atoms with van der Waals surface area (Å²) in [5.41, 5.74) is 28.4. The number of hydrogen-bond acceptors (Lipinski definition) is 4. The van der Waals surface area contributed by atoms with Gasteiger partial charge in [0.1, 0.15) is 0 Å². The summed E-state index contributed by atoms with van der Waals surface area (Å²) in [5.74, 6) is 0. The van der Waals surface area contributed by atoms with Gasteiger partial charge in [0.15, 0.2) is 0 Å². The average molecular weight is 1080 g/mol. The molecule has 14 rings (SSSR count). The minimum absolute atomic E-state index is 0.133. The van der Waals surface area contributed by atoms with Gasteiger partial charge in [-0.3, -0.25) is 0 Å². The fraction of sp³-hybridized carbons (Fsp3) is 0.100. The van der Waals surface area contributed by atoms with Crippen molar-refractivity contribution < 1.29 is 0 Å². The van der Waals surface area contributed by atoms with Crippen LogP contribution in [-0.2, 0) is 10.8 Å². The van der Waals surface area contributed by atoms with E-state index < -0.39 is 0 Å². The van der Waals surface area contributed by atoms with Crippen LogP contribution in [0.3, 0.4) is 0 Å². The van der Waals surface area contributed by atoms with E-state index in [0.29, 0.717) is 0 Å². The summed E-state index contributed by atoms with van der Waals surface area (Å²) in [6.07, 6.45) is 0. The second-order valence-electron chi connectivity index (χ2n) is 23.5. The minimum Gasteiger partial charge on any atom is -0.310 e. The Balaban J connectivity index is 0.870. The van der Waals surface area contributed by atoms with Crippen LogP contribution in [0.2, 0.25) is 0 Å². The molecule has 0 unspecified atom stereocenters. The zero-order valence-electron chi connectivity index (χ0n) is 48.5. The molecule has 4 nitrogen and oxygen atoms in total. The van der Waals surface area contributed by atoms with Crippen molar-refractivity contribution in [3.8, 4) is 33.4 Å². The van der Waals surface area contributed by atoms with E-state index in [9.17, 15) is 0 Å². The van der Waals surface area contributed by atoms with Gasteiger partial charge < -0.3 is 19.6 Å². The van der Waals surface area contributed by atoms with Gasteiger partial charge in [0.25, 0.3) is 0 Å². The fourth-order valence-electron chi connectivity index (χ4n) is 13.4. The lowest BCUT2D eigenvalue weighted by molar-refractivity contribution is 0.660. The van der Waals surface area contributed by atoms with Crippen LogP contribution >= 0.6 is 0 Å². The molecule has 0 bridgehead atoms. The van der Waals surface area contributed by atoms with E-state index in [1.807, 2.05) is 0 Å². The molecule has 0 aromatic heterocycles. The molecule has 84 heavy (non-hydrogen) atoms. The van der Waals surface area contributed by atoms with E-state index in [4.69, 9.17) is 0 Å². The zero-order chi connectivity index (χ0) is 57.1. The van der Waals surface area contributed by atoms with Crippen molar-refractivity contribution >= 4 is 68.2 Å². The molecule has 0 spiro atoms. The van der Waals surface area contributed by atoms with Crippen molar-refractivity contribution in [2.45, 2.75) is 52.4 Å². The molecule has 4 heteroatoms. The molecular formula is C80H66N4. The molecule has 2 aliphatic carbocycles. The molecule has 0 saturated heterocycles. The van der Waals surface area contributed by atoms with Gasteiger partial charge in [0.05, 0.1) is 0 Å². The topological polar surface area (TPSA) is 13.0 Å². The molecule has 12 aromatic carbocycles. The van der Waals surface area contributed by atoms with Gasteiger partial charge in [0.2, 0.25) is 0 Å². The van der Waals surface area contributed by atoms with Crippen molar-refractivity contribution in [2.75, 3.05) is 19.6 Å². The smallest absolute Gasteiger partial charge is 0.0465 e. The Kier molecular flexibility index (Phi) is 13.0. The highest BCUT2D eigenvalue weighted by Gasteiger charge is 2.37. The molecule has 0 saturated carbocycles. The number of para-hydroxylation sites is 3. The van der Waals surface area contributed by atoms with Gasteiger partial charge in [-0.05, 0) is 226 Å². The first-order valence-electron chi connectivity index (χ1n) is 29.3. The van der Waals surface area contributed by atoms with Crippen molar-refractivity contribution in [1.29, 1.82) is 0 Å². The summed E-state index contributed by atoms with van der Waals surface area (Å²) in [6, 6.07) is 107. The Bertz CT molecular complexity index is 4180. The normalized spacial score (nSPS) is 13.1. The van der Waals surface area contributed by atoms with Crippen molar-refractivity contribution in [2.24, 2.45) is 0 Å². The Hall–Kier alpha value is -10.2. The molecule has 0 heterocycles. The number of rotatable bonds is 13. The predicted molar refractivity (Wildman–Crippen MR) is 355 cm³/mol. The second-order valence-corrected chi connectivity index (χ2v) is 23.5. The number of hydrogen-bond donors (Lipinski definition) is 0. The summed E-state index contributed by atoms with van der Waals surface area (Å²) in [5, 5.41) is 0. The first-order valence-corrected chi connectivity index (χ1v) is 29.3. The van der Waals surface area contributed by atoms with Crippen LogP contribution in [-0.4, -0.2) is 0 Å². The van der Waals surface area contributed by atoms with Crippen LogP contribution < -0.4 is 19.6 Å². The van der Waals surface area contributed by atoms with Gasteiger partial charge in [-0.15, -0.1) is 0 Å². The third-order valence-electron chi connectivity index (χ3n) is 17.7. The molecule has 2 aliphatic rings. The van der Waals surface area contributed by atoms with E-state index in [1.54, 1.807) is 0 Å². The lowest BCUT2D eigenvalue weighted by Gasteiger charge is -2.31. The number of nitrogens with zero attached hydrogens (tertiary/aromatic N) is 4. The van der Waals surface area contributed by atoms with Crippen LogP contribution in [0.1, 0.15) is 61.1 Å². The minimum atomic E-state index is -0.133. The largest absolute Gasteiger partial charge is 0.310 e. The number of anilines is 12. The standard InChI is InChI=1S/C80H66N4/c1-55-22-16-17-29-69(55)70-49-46-66(52-56(70)2)82(57-23-10-7-11-24-57)63-40-34-60(35-41-63)81(61-36-42-64(43-37-61)83(58-25-12-8-13-26-58)67-47-50-73-71-30-18-20-32-75(71)79(3,4)77(73)53-67)62-38-44-65(45-39-62)84(59-27-14-9-15-28-59)68-48-51-74-72-31-19-21-33-76(72)80(5,6)78(74)54-68/h7-54H,1-6H3. The molecule has 0 fully saturated rings. The summed E-state index contributed by atoms with van der Waals surface area (Å²) < 4.78 is 0. The third kappa shape index (κ3) is 9.03. The Labute approximate surface area is 495 Å². The molecule has 0 aliphatic heterocycles. The summed E-state index contributed by atoms with van der Waals surface area (Å²) in [4.78, 5) is 9.53. The van der Waals surface area contributed by atoms with Gasteiger partial charge in [-0.1, -0.05) is 173 Å². The van der Waals surface area contributed by atoms with Gasteiger partial charge >= 0.3 is 0 Å². The Morgan fingerprint density at radius 1 is 0.190 bits per heavy atom. The Morgan fingerprint density at radius 2 is 0.429 bits per heavy atom. The second kappa shape index (κ2) is 21.0. The first-order chi connectivity index (χ1) is 41.0. The molecule has 406 valence electrons. The molecule has 12 aromatic rings. The lowest BCUT2D eigenvalue weighted by atomic mass is 9.82. The molecule has 0 amide bonds. The molecule has 0 atom stereocenters. The van der Waals surface area contributed by atoms with Crippen LogP contribution in [0.15, 0.2) is 291 Å². The number of benzene rings is 12. The summed E-state index contributed by atoms with van der Waals surface area (Å²) >= 11 is 0. The van der Waals surface area contributed by atoms with E-state index in [-0.39, 0.29) is 10.8 Å². The first kappa shape index (κ1) is 52.0. The van der Waals surface area contributed by atoms with Crippen molar-refractivity contribution in [3.05, 3.63) is 325 Å². The SMILES string of the molecule is Cc1ccccc1-c1ccc(N(c2ccccc2)c2ccc(N(c3ccc(N(c4ccccc4)c4ccc5c(c4)C(C)(C)c4ccccc4-5)cc3)c3ccc(N(c4ccccc4)c4ccc5c(c4)C(C)(C)c4ccccc4-5)cc3)cc2)cc1C. The van der Waals surface area contributed by atoms with E-state index in [2.05, 4.69) is 352 Å². The zero-order valence-corrected chi connectivity index (χ0v) is 48.5. The van der Waals surface area contributed by atoms with Crippen molar-refractivity contribution in [3.63, 3.8) is 0 Å². The average Bonchev–Trinajstić information content (AvgIpc) is 2.36. The monoisotopic (exact) mass is 1080 g/mol. The van der Waals surface area contributed by atoms with E-state index in [0.717, 1.165) is 68.2 Å². The predicted octanol–water partition coefficient (Wildman–Crippen LogP) is 22.5. The van der Waals surface area contributed by atoms with Crippen LogP contribution in [0.5, 0.6) is 0 Å². The Morgan fingerprint density at radius 3 is 0.774 bits per heavy atom. The maximum absolute atomic E-state index is 2.41. The van der Waals surface area contributed by atoms with Gasteiger partial charge in [0, 0.05) is 79.1 Å². The number of aryl methyl sites for hydroxylation is 2. The maximum Gasteiger partial charge on any atom is 0.0465 e. The third-order valence-corrected chi connectivity index (χ3v) is 17.7. The molecular weight excluding hydrogens is 1020 g/mol. The van der Waals surface area contributed by atoms with Gasteiger partial charge in [-0.25, -0.2) is 0 Å².